The number of carbonyl (C=O) groups excluding carboxylic acids is 2. The van der Waals surface area contributed by atoms with Crippen molar-refractivity contribution in [1.82, 2.24) is 9.78 Å². The van der Waals surface area contributed by atoms with Crippen molar-refractivity contribution in [3.8, 4) is 5.75 Å². The number of nitrogens with one attached hydrogen (secondary N) is 1. The van der Waals surface area contributed by atoms with Gasteiger partial charge in [-0.1, -0.05) is 12.1 Å². The van der Waals surface area contributed by atoms with E-state index in [1.807, 2.05) is 6.07 Å². The first-order valence-electron chi connectivity index (χ1n) is 8.06. The predicted octanol–water partition coefficient (Wildman–Crippen LogP) is 1.11. The Labute approximate surface area is 149 Å². The number of hydrogen-bond acceptors (Lipinski definition) is 5. The Morgan fingerprint density at radius 1 is 1.31 bits per heavy atom. The van der Waals surface area contributed by atoms with Crippen LogP contribution in [0.15, 0.2) is 36.5 Å². The molecular formula is C17H18N4O5. The van der Waals surface area contributed by atoms with Crippen molar-refractivity contribution in [3.05, 3.63) is 36.5 Å². The molecule has 9 heteroatoms. The zero-order chi connectivity index (χ0) is 18.7. The van der Waals surface area contributed by atoms with E-state index in [4.69, 9.17) is 9.84 Å². The van der Waals surface area contributed by atoms with Crippen molar-refractivity contribution in [1.29, 1.82) is 0 Å². The Morgan fingerprint density at radius 3 is 2.85 bits per heavy atom. The molecule has 0 spiro atoms. The van der Waals surface area contributed by atoms with Crippen LogP contribution in [0.2, 0.25) is 0 Å². The number of rotatable bonds is 6. The molecule has 1 aromatic heterocycles. The van der Waals surface area contributed by atoms with Crippen LogP contribution in [0.1, 0.15) is 13.3 Å². The molecule has 1 unspecified atom stereocenters. The van der Waals surface area contributed by atoms with E-state index < -0.39 is 12.1 Å². The van der Waals surface area contributed by atoms with Crippen molar-refractivity contribution in [2.24, 2.45) is 0 Å². The van der Waals surface area contributed by atoms with Gasteiger partial charge in [-0.15, -0.1) is 0 Å². The van der Waals surface area contributed by atoms with Gasteiger partial charge in [0.05, 0.1) is 5.69 Å². The molecule has 26 heavy (non-hydrogen) atoms. The van der Waals surface area contributed by atoms with Crippen molar-refractivity contribution in [2.45, 2.75) is 26.0 Å². The highest BCUT2D eigenvalue weighted by atomic mass is 16.5. The lowest BCUT2D eigenvalue weighted by molar-refractivity contribution is -0.137. The third-order valence-corrected chi connectivity index (χ3v) is 3.84. The Morgan fingerprint density at radius 2 is 2.08 bits per heavy atom. The lowest BCUT2D eigenvalue weighted by Gasteiger charge is -2.32. The van der Waals surface area contributed by atoms with Gasteiger partial charge in [0, 0.05) is 25.2 Å². The molecule has 2 aromatic rings. The second kappa shape index (κ2) is 7.26. The van der Waals surface area contributed by atoms with Crippen LogP contribution in [0.5, 0.6) is 5.75 Å². The zero-order valence-corrected chi connectivity index (χ0v) is 14.1. The maximum atomic E-state index is 12.4. The van der Waals surface area contributed by atoms with Gasteiger partial charge in [-0.05, 0) is 19.1 Å². The van der Waals surface area contributed by atoms with Crippen LogP contribution < -0.4 is 15.0 Å². The predicted molar refractivity (Wildman–Crippen MR) is 92.0 cm³/mol. The summed E-state index contributed by atoms with van der Waals surface area (Å²) in [6, 6.07) is 8.68. The number of aromatic nitrogens is 2. The summed E-state index contributed by atoms with van der Waals surface area (Å²) in [6.07, 6.45) is 0.922. The van der Waals surface area contributed by atoms with Crippen LogP contribution in [-0.4, -0.2) is 45.3 Å². The molecule has 0 bridgehead atoms. The SMILES string of the molecule is CC1Oc2ccccc2N(CCC(=O)Nc2ccn(CC(=O)O)n2)C1=O. The first kappa shape index (κ1) is 17.5. The summed E-state index contributed by atoms with van der Waals surface area (Å²) in [5.74, 6) is -0.687. The second-order valence-electron chi connectivity index (χ2n) is 5.81. The summed E-state index contributed by atoms with van der Waals surface area (Å²) >= 11 is 0. The molecule has 9 nitrogen and oxygen atoms in total. The normalized spacial score (nSPS) is 16.0. The molecule has 1 aliphatic rings. The van der Waals surface area contributed by atoms with Crippen LogP contribution in [0, 0.1) is 0 Å². The van der Waals surface area contributed by atoms with E-state index >= 15 is 0 Å². The van der Waals surface area contributed by atoms with Crippen LogP contribution in [0.3, 0.4) is 0 Å². The molecule has 1 aliphatic heterocycles. The molecule has 0 fully saturated rings. The lowest BCUT2D eigenvalue weighted by atomic mass is 10.1. The number of nitrogens with zero attached hydrogens (tertiary/aromatic N) is 3. The van der Waals surface area contributed by atoms with Gasteiger partial charge in [-0.2, -0.15) is 5.10 Å². The maximum absolute atomic E-state index is 12.4. The molecule has 0 aliphatic carbocycles. The fraction of sp³-hybridized carbons (Fsp3) is 0.294. The van der Waals surface area contributed by atoms with Crippen LogP contribution in [0.25, 0.3) is 0 Å². The summed E-state index contributed by atoms with van der Waals surface area (Å²) in [4.78, 5) is 36.7. The van der Waals surface area contributed by atoms with E-state index in [1.54, 1.807) is 25.1 Å². The number of aliphatic carboxylic acids is 1. The largest absolute Gasteiger partial charge is 0.480 e. The van der Waals surface area contributed by atoms with Crippen molar-refractivity contribution in [2.75, 3.05) is 16.8 Å². The fourth-order valence-corrected chi connectivity index (χ4v) is 2.66. The lowest BCUT2D eigenvalue weighted by Crippen LogP contribution is -2.45. The molecule has 2 amide bonds. The summed E-state index contributed by atoms with van der Waals surface area (Å²) in [7, 11) is 0. The molecule has 1 atom stereocenters. The van der Waals surface area contributed by atoms with Gasteiger partial charge in [-0.25, -0.2) is 0 Å². The third-order valence-electron chi connectivity index (χ3n) is 3.84. The summed E-state index contributed by atoms with van der Waals surface area (Å²) < 4.78 is 6.77. The van der Waals surface area contributed by atoms with Crippen LogP contribution in [0.4, 0.5) is 11.5 Å². The highest BCUT2D eigenvalue weighted by molar-refractivity contribution is 6.00. The molecule has 2 heterocycles. The molecule has 0 saturated heterocycles. The van der Waals surface area contributed by atoms with Gasteiger partial charge >= 0.3 is 5.97 Å². The maximum Gasteiger partial charge on any atom is 0.325 e. The second-order valence-corrected chi connectivity index (χ2v) is 5.81. The van der Waals surface area contributed by atoms with Crippen molar-refractivity contribution >= 4 is 29.3 Å². The topological polar surface area (TPSA) is 114 Å². The number of benzene rings is 1. The number of anilines is 2. The molecule has 0 radical (unpaired) electrons. The molecule has 136 valence electrons. The molecule has 2 N–H and O–H groups in total. The van der Waals surface area contributed by atoms with Gasteiger partial charge < -0.3 is 20.1 Å². The minimum Gasteiger partial charge on any atom is -0.480 e. The quantitative estimate of drug-likeness (QED) is 0.800. The number of carboxylic acids is 1. The van der Waals surface area contributed by atoms with Gasteiger partial charge in [-0.3, -0.25) is 19.1 Å². The first-order chi connectivity index (χ1) is 12.4. The highest BCUT2D eigenvalue weighted by Crippen LogP contribution is 2.33. The Bertz CT molecular complexity index is 847. The minimum absolute atomic E-state index is 0.0680. The van der Waals surface area contributed by atoms with Crippen LogP contribution >= 0.6 is 0 Å². The highest BCUT2D eigenvalue weighted by Gasteiger charge is 2.31. The molecule has 0 saturated carbocycles. The zero-order valence-electron chi connectivity index (χ0n) is 14.1. The Hall–Kier alpha value is -3.36. The number of hydrogen-bond donors (Lipinski definition) is 2. The molecular weight excluding hydrogens is 340 g/mol. The van der Waals surface area contributed by atoms with Crippen molar-refractivity contribution in [3.63, 3.8) is 0 Å². The van der Waals surface area contributed by atoms with Gasteiger partial charge in [0.1, 0.15) is 12.3 Å². The number of para-hydroxylation sites is 2. The van der Waals surface area contributed by atoms with Crippen LogP contribution in [-0.2, 0) is 20.9 Å². The van der Waals surface area contributed by atoms with E-state index in [2.05, 4.69) is 10.4 Å². The van der Waals surface area contributed by atoms with Gasteiger partial charge in [0.25, 0.3) is 5.91 Å². The average Bonchev–Trinajstić information content (AvgIpc) is 3.01. The van der Waals surface area contributed by atoms with Crippen molar-refractivity contribution < 1.29 is 24.2 Å². The van der Waals surface area contributed by atoms with E-state index in [0.717, 1.165) is 0 Å². The standard InChI is InChI=1S/C17H18N4O5/c1-11-17(25)21(12-4-2-3-5-13(12)26-11)9-7-15(22)18-14-6-8-20(19-14)10-16(23)24/h2-6,8,11H,7,9-10H2,1H3,(H,23,24)(H,18,19,22). The average molecular weight is 358 g/mol. The number of carboxylic acid groups (broad SMARTS) is 1. The van der Waals surface area contributed by atoms with E-state index in [1.165, 1.54) is 21.8 Å². The number of carbonyl (C=O) groups is 3. The number of fused-ring (bicyclic) bond motifs is 1. The Balaban J connectivity index is 1.61. The molecule has 3 rings (SSSR count). The number of amides is 2. The van der Waals surface area contributed by atoms with E-state index in [9.17, 15) is 14.4 Å². The third kappa shape index (κ3) is 3.82. The summed E-state index contributed by atoms with van der Waals surface area (Å²) in [5.41, 5.74) is 0.633. The molecule has 1 aromatic carbocycles. The van der Waals surface area contributed by atoms with E-state index in [-0.39, 0.29) is 37.1 Å². The fourth-order valence-electron chi connectivity index (χ4n) is 2.66. The van der Waals surface area contributed by atoms with E-state index in [0.29, 0.717) is 11.4 Å². The smallest absolute Gasteiger partial charge is 0.325 e. The monoisotopic (exact) mass is 358 g/mol. The number of ether oxygens (including phenoxy) is 1. The van der Waals surface area contributed by atoms with Gasteiger partial charge in [0.15, 0.2) is 11.9 Å². The Kier molecular flexibility index (Phi) is 4.87. The first-order valence-corrected chi connectivity index (χ1v) is 8.06. The van der Waals surface area contributed by atoms with Gasteiger partial charge in [0.2, 0.25) is 5.91 Å². The summed E-state index contributed by atoms with van der Waals surface area (Å²) in [5, 5.41) is 15.3. The summed E-state index contributed by atoms with van der Waals surface area (Å²) in [6.45, 7) is 1.58. The minimum atomic E-state index is -1.02.